The quantitative estimate of drug-likeness (QED) is 0.627. The van der Waals surface area contributed by atoms with E-state index in [0.29, 0.717) is 12.5 Å². The Hall–Kier alpha value is -0.570. The summed E-state index contributed by atoms with van der Waals surface area (Å²) in [4.78, 5) is 11.1. The number of amides is 1. The van der Waals surface area contributed by atoms with Crippen LogP contribution in [0.1, 0.15) is 32.1 Å². The SMILES string of the molecule is NCC1(C2CCCC(=O)N2)CC1. The van der Waals surface area contributed by atoms with E-state index >= 15 is 0 Å². The van der Waals surface area contributed by atoms with Gasteiger partial charge in [0.05, 0.1) is 0 Å². The standard InChI is InChI=1S/C9H16N2O/c10-6-9(4-5-9)7-2-1-3-8(12)11-7/h7H,1-6,10H2,(H,11,12). The number of piperidine rings is 1. The van der Waals surface area contributed by atoms with Gasteiger partial charge in [0.25, 0.3) is 0 Å². The maximum Gasteiger partial charge on any atom is 0.220 e. The summed E-state index contributed by atoms with van der Waals surface area (Å²) in [6.07, 6.45) is 5.28. The number of hydrogen-bond donors (Lipinski definition) is 2. The maximum atomic E-state index is 11.1. The van der Waals surface area contributed by atoms with Crippen LogP contribution in [0.2, 0.25) is 0 Å². The second kappa shape index (κ2) is 2.73. The van der Waals surface area contributed by atoms with Crippen molar-refractivity contribution >= 4 is 5.91 Å². The first-order chi connectivity index (χ1) is 5.77. The molecule has 0 aromatic carbocycles. The van der Waals surface area contributed by atoms with Gasteiger partial charge in [-0.2, -0.15) is 0 Å². The van der Waals surface area contributed by atoms with Gasteiger partial charge in [0, 0.05) is 17.9 Å². The first-order valence-electron chi connectivity index (χ1n) is 4.76. The zero-order valence-electron chi connectivity index (χ0n) is 7.31. The van der Waals surface area contributed by atoms with E-state index in [2.05, 4.69) is 5.32 Å². The molecule has 0 spiro atoms. The average molecular weight is 168 g/mol. The summed E-state index contributed by atoms with van der Waals surface area (Å²) < 4.78 is 0. The fourth-order valence-electron chi connectivity index (χ4n) is 2.12. The van der Waals surface area contributed by atoms with Gasteiger partial charge in [0.2, 0.25) is 5.91 Å². The Morgan fingerprint density at radius 3 is 2.83 bits per heavy atom. The van der Waals surface area contributed by atoms with Crippen LogP contribution in [-0.4, -0.2) is 18.5 Å². The van der Waals surface area contributed by atoms with Crippen LogP contribution >= 0.6 is 0 Å². The Kier molecular flexibility index (Phi) is 1.83. The predicted molar refractivity (Wildman–Crippen MR) is 46.5 cm³/mol. The van der Waals surface area contributed by atoms with Gasteiger partial charge < -0.3 is 11.1 Å². The highest BCUT2D eigenvalue weighted by Crippen LogP contribution is 2.49. The van der Waals surface area contributed by atoms with Crippen molar-refractivity contribution in [2.45, 2.75) is 38.1 Å². The maximum absolute atomic E-state index is 11.1. The molecule has 1 aliphatic heterocycles. The molecule has 3 nitrogen and oxygen atoms in total. The largest absolute Gasteiger partial charge is 0.353 e. The Balaban J connectivity index is 1.99. The van der Waals surface area contributed by atoms with Gasteiger partial charge in [-0.3, -0.25) is 4.79 Å². The first kappa shape index (κ1) is 8.05. The van der Waals surface area contributed by atoms with E-state index in [1.165, 1.54) is 12.8 Å². The van der Waals surface area contributed by atoms with Gasteiger partial charge >= 0.3 is 0 Å². The molecule has 3 heteroatoms. The number of rotatable bonds is 2. The Morgan fingerprint density at radius 2 is 2.33 bits per heavy atom. The van der Waals surface area contributed by atoms with Crippen LogP contribution in [0.5, 0.6) is 0 Å². The normalized spacial score (nSPS) is 32.8. The lowest BCUT2D eigenvalue weighted by molar-refractivity contribution is -0.123. The van der Waals surface area contributed by atoms with Gasteiger partial charge in [-0.05, 0) is 32.2 Å². The lowest BCUT2D eigenvalue weighted by Crippen LogP contribution is -2.47. The van der Waals surface area contributed by atoms with Crippen LogP contribution in [0.3, 0.4) is 0 Å². The zero-order valence-corrected chi connectivity index (χ0v) is 7.31. The number of carbonyl (C=O) groups is 1. The third-order valence-corrected chi connectivity index (χ3v) is 3.27. The van der Waals surface area contributed by atoms with Crippen molar-refractivity contribution in [1.29, 1.82) is 0 Å². The number of nitrogens with one attached hydrogen (secondary N) is 1. The molecule has 0 radical (unpaired) electrons. The van der Waals surface area contributed by atoms with Crippen LogP contribution in [0.4, 0.5) is 0 Å². The fraction of sp³-hybridized carbons (Fsp3) is 0.889. The molecule has 2 aliphatic rings. The smallest absolute Gasteiger partial charge is 0.220 e. The predicted octanol–water partition coefficient (Wildman–Crippen LogP) is 0.394. The minimum Gasteiger partial charge on any atom is -0.353 e. The lowest BCUT2D eigenvalue weighted by Gasteiger charge is -2.30. The summed E-state index contributed by atoms with van der Waals surface area (Å²) in [6.45, 7) is 0.734. The topological polar surface area (TPSA) is 55.1 Å². The molecule has 1 atom stereocenters. The Bertz CT molecular complexity index is 199. The molecule has 1 saturated heterocycles. The summed E-state index contributed by atoms with van der Waals surface area (Å²) >= 11 is 0. The van der Waals surface area contributed by atoms with Gasteiger partial charge in [0.1, 0.15) is 0 Å². The molecule has 0 aromatic heterocycles. The molecule has 1 aliphatic carbocycles. The average Bonchev–Trinajstić information content (AvgIpc) is 2.84. The van der Waals surface area contributed by atoms with Gasteiger partial charge in [-0.15, -0.1) is 0 Å². The van der Waals surface area contributed by atoms with E-state index in [4.69, 9.17) is 5.73 Å². The van der Waals surface area contributed by atoms with E-state index in [1.54, 1.807) is 0 Å². The highest BCUT2D eigenvalue weighted by Gasteiger charge is 2.49. The Morgan fingerprint density at radius 1 is 1.58 bits per heavy atom. The van der Waals surface area contributed by atoms with Crippen molar-refractivity contribution in [2.75, 3.05) is 6.54 Å². The zero-order chi connectivity index (χ0) is 8.60. The van der Waals surface area contributed by atoms with Crippen molar-refractivity contribution in [3.05, 3.63) is 0 Å². The van der Waals surface area contributed by atoms with Gasteiger partial charge in [0.15, 0.2) is 0 Å². The number of nitrogens with two attached hydrogens (primary N) is 1. The number of carbonyl (C=O) groups excluding carboxylic acids is 1. The molecule has 68 valence electrons. The molecule has 1 amide bonds. The summed E-state index contributed by atoms with van der Waals surface area (Å²) in [6, 6.07) is 0.378. The van der Waals surface area contributed by atoms with E-state index in [9.17, 15) is 4.79 Å². The van der Waals surface area contributed by atoms with Crippen molar-refractivity contribution in [3.63, 3.8) is 0 Å². The lowest BCUT2D eigenvalue weighted by atomic mass is 9.89. The molecule has 3 N–H and O–H groups in total. The molecule has 0 bridgehead atoms. The molecule has 1 unspecified atom stereocenters. The summed E-state index contributed by atoms with van der Waals surface area (Å²) in [5.41, 5.74) is 5.98. The molecule has 0 aromatic rings. The summed E-state index contributed by atoms with van der Waals surface area (Å²) in [5, 5.41) is 3.05. The molecule has 2 fully saturated rings. The Labute approximate surface area is 72.7 Å². The highest BCUT2D eigenvalue weighted by molar-refractivity contribution is 5.77. The van der Waals surface area contributed by atoms with Crippen LogP contribution in [0, 0.1) is 5.41 Å². The van der Waals surface area contributed by atoms with E-state index < -0.39 is 0 Å². The van der Waals surface area contributed by atoms with E-state index in [-0.39, 0.29) is 11.3 Å². The van der Waals surface area contributed by atoms with Crippen molar-refractivity contribution < 1.29 is 4.79 Å². The van der Waals surface area contributed by atoms with Gasteiger partial charge in [-0.1, -0.05) is 0 Å². The van der Waals surface area contributed by atoms with Crippen LogP contribution in [0.15, 0.2) is 0 Å². The van der Waals surface area contributed by atoms with Crippen LogP contribution in [0.25, 0.3) is 0 Å². The van der Waals surface area contributed by atoms with Crippen LogP contribution < -0.4 is 11.1 Å². The number of hydrogen-bond acceptors (Lipinski definition) is 2. The minimum absolute atomic E-state index is 0.214. The molecule has 12 heavy (non-hydrogen) atoms. The van der Waals surface area contributed by atoms with E-state index in [0.717, 1.165) is 19.4 Å². The first-order valence-corrected chi connectivity index (χ1v) is 4.76. The second-order valence-electron chi connectivity index (χ2n) is 4.08. The third-order valence-electron chi connectivity index (χ3n) is 3.27. The van der Waals surface area contributed by atoms with Crippen molar-refractivity contribution in [1.82, 2.24) is 5.32 Å². The molecule has 2 rings (SSSR count). The summed E-state index contributed by atoms with van der Waals surface area (Å²) in [7, 11) is 0. The van der Waals surface area contributed by atoms with Crippen molar-refractivity contribution in [2.24, 2.45) is 11.1 Å². The minimum atomic E-state index is 0.214. The molecular formula is C9H16N2O. The summed E-state index contributed by atoms with van der Waals surface area (Å²) in [5.74, 6) is 0.214. The fourth-order valence-corrected chi connectivity index (χ4v) is 2.12. The van der Waals surface area contributed by atoms with Crippen molar-refractivity contribution in [3.8, 4) is 0 Å². The molecule has 1 heterocycles. The van der Waals surface area contributed by atoms with Gasteiger partial charge in [-0.25, -0.2) is 0 Å². The van der Waals surface area contributed by atoms with Crippen LogP contribution in [-0.2, 0) is 4.79 Å². The molecule has 1 saturated carbocycles. The van der Waals surface area contributed by atoms with E-state index in [1.807, 2.05) is 0 Å². The molecular weight excluding hydrogens is 152 g/mol. The monoisotopic (exact) mass is 168 g/mol. The second-order valence-corrected chi connectivity index (χ2v) is 4.08. The highest BCUT2D eigenvalue weighted by atomic mass is 16.1. The third kappa shape index (κ3) is 1.22.